The summed E-state index contributed by atoms with van der Waals surface area (Å²) in [5.41, 5.74) is -0.446. The number of carboxylic acid groups (broad SMARTS) is 1. The smallest absolute Gasteiger partial charge is 0.335 e. The number of benzene rings is 2. The molecule has 0 fully saturated rings. The Morgan fingerprint density at radius 1 is 1.10 bits per heavy atom. The molecule has 0 heterocycles. The topological polar surface area (TPSA) is 66.4 Å². The van der Waals surface area contributed by atoms with Gasteiger partial charge in [-0.1, -0.05) is 11.6 Å². The number of carbonyl (C=O) groups is 2. The summed E-state index contributed by atoms with van der Waals surface area (Å²) in [7, 11) is 0. The van der Waals surface area contributed by atoms with Gasteiger partial charge in [0.25, 0.3) is 5.91 Å². The van der Waals surface area contributed by atoms with Gasteiger partial charge >= 0.3 is 5.97 Å². The lowest BCUT2D eigenvalue weighted by molar-refractivity contribution is 0.0696. The fourth-order valence-corrected chi connectivity index (χ4v) is 1.84. The van der Waals surface area contributed by atoms with Gasteiger partial charge < -0.3 is 10.4 Å². The van der Waals surface area contributed by atoms with Crippen molar-refractivity contribution in [2.75, 3.05) is 5.32 Å². The highest BCUT2D eigenvalue weighted by molar-refractivity contribution is 6.34. The molecule has 0 saturated carbocycles. The molecule has 108 valence electrons. The van der Waals surface area contributed by atoms with Gasteiger partial charge in [0.15, 0.2) is 0 Å². The van der Waals surface area contributed by atoms with E-state index in [2.05, 4.69) is 5.32 Å². The van der Waals surface area contributed by atoms with E-state index in [0.717, 1.165) is 24.3 Å². The Balaban J connectivity index is 2.27. The molecule has 0 bridgehead atoms. The van der Waals surface area contributed by atoms with Crippen LogP contribution in [0.3, 0.4) is 0 Å². The predicted molar refractivity (Wildman–Crippen MR) is 72.7 cm³/mol. The van der Waals surface area contributed by atoms with E-state index in [4.69, 9.17) is 16.7 Å². The number of hydrogen-bond acceptors (Lipinski definition) is 2. The second-order valence-corrected chi connectivity index (χ2v) is 4.49. The number of carbonyl (C=O) groups excluding carboxylic acids is 1. The lowest BCUT2D eigenvalue weighted by atomic mass is 10.1. The van der Waals surface area contributed by atoms with Crippen LogP contribution in [0.1, 0.15) is 20.7 Å². The first-order valence-electron chi connectivity index (χ1n) is 5.67. The normalized spacial score (nSPS) is 10.2. The molecule has 2 N–H and O–H groups in total. The Morgan fingerprint density at radius 2 is 1.81 bits per heavy atom. The van der Waals surface area contributed by atoms with Crippen LogP contribution < -0.4 is 5.32 Å². The quantitative estimate of drug-likeness (QED) is 0.910. The van der Waals surface area contributed by atoms with Crippen molar-refractivity contribution in [2.24, 2.45) is 0 Å². The molecule has 0 unspecified atom stereocenters. The van der Waals surface area contributed by atoms with Gasteiger partial charge in [0.1, 0.15) is 11.6 Å². The largest absolute Gasteiger partial charge is 0.478 e. The minimum atomic E-state index is -1.18. The Morgan fingerprint density at radius 3 is 2.43 bits per heavy atom. The molecule has 2 aromatic carbocycles. The van der Waals surface area contributed by atoms with Gasteiger partial charge in [-0.15, -0.1) is 0 Å². The fraction of sp³-hybridized carbons (Fsp3) is 0. The molecule has 1 amide bonds. The maximum Gasteiger partial charge on any atom is 0.335 e. The van der Waals surface area contributed by atoms with Crippen LogP contribution in [-0.4, -0.2) is 17.0 Å². The Bertz CT molecular complexity index is 734. The van der Waals surface area contributed by atoms with E-state index in [0.29, 0.717) is 0 Å². The van der Waals surface area contributed by atoms with E-state index in [1.165, 1.54) is 12.1 Å². The summed E-state index contributed by atoms with van der Waals surface area (Å²) < 4.78 is 26.5. The summed E-state index contributed by atoms with van der Waals surface area (Å²) in [5, 5.41) is 11.1. The highest BCUT2D eigenvalue weighted by Gasteiger charge is 2.15. The zero-order valence-electron chi connectivity index (χ0n) is 10.4. The van der Waals surface area contributed by atoms with E-state index < -0.39 is 29.1 Å². The second kappa shape index (κ2) is 5.88. The van der Waals surface area contributed by atoms with Crippen molar-refractivity contribution >= 4 is 29.2 Å². The van der Waals surface area contributed by atoms with Crippen LogP contribution in [0.5, 0.6) is 0 Å². The zero-order valence-corrected chi connectivity index (χ0v) is 11.1. The number of rotatable bonds is 3. The van der Waals surface area contributed by atoms with Crippen LogP contribution in [-0.2, 0) is 0 Å². The molecule has 0 aliphatic rings. The van der Waals surface area contributed by atoms with Crippen LogP contribution >= 0.6 is 11.6 Å². The second-order valence-electron chi connectivity index (χ2n) is 4.08. The first-order chi connectivity index (χ1) is 9.88. The number of amides is 1. The summed E-state index contributed by atoms with van der Waals surface area (Å²) in [6.07, 6.45) is 0. The third-order valence-corrected chi connectivity index (χ3v) is 2.95. The predicted octanol–water partition coefficient (Wildman–Crippen LogP) is 3.57. The number of carboxylic acids is 1. The van der Waals surface area contributed by atoms with Gasteiger partial charge in [0.05, 0.1) is 21.8 Å². The average Bonchev–Trinajstić information content (AvgIpc) is 2.43. The number of anilines is 1. The Hall–Kier alpha value is -2.47. The summed E-state index contributed by atoms with van der Waals surface area (Å²) >= 11 is 5.83. The highest BCUT2D eigenvalue weighted by Crippen LogP contribution is 2.24. The molecule has 0 aromatic heterocycles. The molecule has 4 nitrogen and oxygen atoms in total. The minimum Gasteiger partial charge on any atom is -0.478 e. The van der Waals surface area contributed by atoms with Gasteiger partial charge in [0.2, 0.25) is 0 Å². The van der Waals surface area contributed by atoms with Gasteiger partial charge in [-0.2, -0.15) is 0 Å². The van der Waals surface area contributed by atoms with Crippen molar-refractivity contribution in [3.8, 4) is 0 Å². The maximum atomic E-state index is 13.5. The summed E-state index contributed by atoms with van der Waals surface area (Å²) in [6, 6.07) is 6.11. The fourth-order valence-electron chi connectivity index (χ4n) is 1.61. The van der Waals surface area contributed by atoms with E-state index in [9.17, 15) is 18.4 Å². The lowest BCUT2D eigenvalue weighted by Gasteiger charge is -2.08. The number of nitrogens with one attached hydrogen (secondary N) is 1. The molecule has 21 heavy (non-hydrogen) atoms. The van der Waals surface area contributed by atoms with Crippen LogP contribution in [0, 0.1) is 11.6 Å². The van der Waals surface area contributed by atoms with Gasteiger partial charge in [-0.05, 0) is 36.4 Å². The lowest BCUT2D eigenvalue weighted by Crippen LogP contribution is -2.14. The summed E-state index contributed by atoms with van der Waals surface area (Å²) in [4.78, 5) is 22.6. The van der Waals surface area contributed by atoms with E-state index >= 15 is 0 Å². The van der Waals surface area contributed by atoms with Gasteiger partial charge in [0, 0.05) is 0 Å². The van der Waals surface area contributed by atoms with Crippen LogP contribution in [0.25, 0.3) is 0 Å². The molecule has 0 spiro atoms. The highest BCUT2D eigenvalue weighted by atomic mass is 35.5. The molecule has 2 aromatic rings. The van der Waals surface area contributed by atoms with Crippen molar-refractivity contribution in [2.45, 2.75) is 0 Å². The molecular formula is C14H8ClF2NO3. The summed E-state index contributed by atoms with van der Waals surface area (Å²) in [6.45, 7) is 0. The molecule has 0 radical (unpaired) electrons. The van der Waals surface area contributed by atoms with Gasteiger partial charge in [-0.3, -0.25) is 4.79 Å². The third kappa shape index (κ3) is 3.35. The monoisotopic (exact) mass is 311 g/mol. The minimum absolute atomic E-state index is 0.0277. The van der Waals surface area contributed by atoms with Crippen LogP contribution in [0.15, 0.2) is 36.4 Å². The Labute approximate surface area is 123 Å². The van der Waals surface area contributed by atoms with E-state index in [1.54, 1.807) is 0 Å². The SMILES string of the molecule is O=C(O)c1ccc(NC(=O)c2cc(F)ccc2F)c(Cl)c1. The van der Waals surface area contributed by atoms with Crippen molar-refractivity contribution in [1.82, 2.24) is 0 Å². The molecule has 0 atom stereocenters. The summed E-state index contributed by atoms with van der Waals surface area (Å²) in [5.74, 6) is -3.70. The van der Waals surface area contributed by atoms with Crippen molar-refractivity contribution in [3.05, 3.63) is 64.2 Å². The molecular weight excluding hydrogens is 304 g/mol. The Kier molecular flexibility index (Phi) is 4.18. The molecule has 2 rings (SSSR count). The van der Waals surface area contributed by atoms with Crippen molar-refractivity contribution < 1.29 is 23.5 Å². The molecule has 0 aliphatic carbocycles. The standard InChI is InChI=1S/C14H8ClF2NO3/c15-10-5-7(14(20)21)1-4-12(10)18-13(19)9-6-8(16)2-3-11(9)17/h1-6H,(H,18,19)(H,20,21). The molecule has 7 heteroatoms. The first kappa shape index (κ1) is 14.9. The average molecular weight is 312 g/mol. The number of hydrogen-bond donors (Lipinski definition) is 2. The van der Waals surface area contributed by atoms with E-state index in [1.807, 2.05) is 0 Å². The van der Waals surface area contributed by atoms with Crippen LogP contribution in [0.4, 0.5) is 14.5 Å². The van der Waals surface area contributed by atoms with E-state index in [-0.39, 0.29) is 16.3 Å². The number of aromatic carboxylic acids is 1. The maximum absolute atomic E-state index is 13.5. The van der Waals surface area contributed by atoms with Gasteiger partial charge in [-0.25, -0.2) is 13.6 Å². The molecule has 0 aliphatic heterocycles. The first-order valence-corrected chi connectivity index (χ1v) is 6.05. The number of halogens is 3. The third-order valence-electron chi connectivity index (χ3n) is 2.64. The van der Waals surface area contributed by atoms with Crippen LogP contribution in [0.2, 0.25) is 5.02 Å². The molecule has 0 saturated heterocycles. The van der Waals surface area contributed by atoms with Crippen molar-refractivity contribution in [3.63, 3.8) is 0 Å². The van der Waals surface area contributed by atoms with Crippen molar-refractivity contribution in [1.29, 1.82) is 0 Å². The zero-order chi connectivity index (χ0) is 15.6.